The SMILES string of the molecule is C=C(c1cc(OC)nc(-c2ccc(C=O)cc2)c1)N1CCC2(CC1)CC(=O)c1nc(C(C)(C)C)sc1C2. The third-order valence-electron chi connectivity index (χ3n) is 7.57. The molecule has 0 atom stereocenters. The Morgan fingerprint density at radius 3 is 2.43 bits per heavy atom. The summed E-state index contributed by atoms with van der Waals surface area (Å²) in [4.78, 5) is 36.9. The Bertz CT molecular complexity index is 1360. The minimum Gasteiger partial charge on any atom is -0.481 e. The van der Waals surface area contributed by atoms with E-state index in [4.69, 9.17) is 9.72 Å². The predicted molar refractivity (Wildman–Crippen MR) is 147 cm³/mol. The highest BCUT2D eigenvalue weighted by Crippen LogP contribution is 2.47. The van der Waals surface area contributed by atoms with Crippen molar-refractivity contribution in [2.75, 3.05) is 20.2 Å². The van der Waals surface area contributed by atoms with Crippen molar-refractivity contribution in [1.29, 1.82) is 0 Å². The van der Waals surface area contributed by atoms with Gasteiger partial charge in [0.05, 0.1) is 17.8 Å². The Balaban J connectivity index is 1.33. The van der Waals surface area contributed by atoms with Gasteiger partial charge in [-0.1, -0.05) is 51.6 Å². The molecule has 192 valence electrons. The molecular weight excluding hydrogens is 482 g/mol. The van der Waals surface area contributed by atoms with Gasteiger partial charge >= 0.3 is 0 Å². The summed E-state index contributed by atoms with van der Waals surface area (Å²) in [5.74, 6) is 0.719. The van der Waals surface area contributed by atoms with Crippen LogP contribution < -0.4 is 4.74 Å². The lowest BCUT2D eigenvalue weighted by molar-refractivity contribution is 0.0767. The molecule has 2 aliphatic rings. The van der Waals surface area contributed by atoms with Crippen molar-refractivity contribution in [1.82, 2.24) is 14.9 Å². The largest absolute Gasteiger partial charge is 0.481 e. The molecule has 3 aromatic rings. The maximum atomic E-state index is 13.1. The lowest BCUT2D eigenvalue weighted by Crippen LogP contribution is -2.43. The normalized spacial score (nSPS) is 17.0. The van der Waals surface area contributed by atoms with Gasteiger partial charge < -0.3 is 9.64 Å². The summed E-state index contributed by atoms with van der Waals surface area (Å²) in [5, 5.41) is 1.05. The number of carbonyl (C=O) groups excluding carboxylic acids is 2. The first-order valence-electron chi connectivity index (χ1n) is 12.7. The van der Waals surface area contributed by atoms with Crippen molar-refractivity contribution in [2.24, 2.45) is 5.41 Å². The second-order valence-electron chi connectivity index (χ2n) is 11.3. The van der Waals surface area contributed by atoms with Crippen molar-refractivity contribution in [3.05, 3.63) is 69.7 Å². The Morgan fingerprint density at radius 1 is 1.11 bits per heavy atom. The van der Waals surface area contributed by atoms with Gasteiger partial charge in [-0.25, -0.2) is 9.97 Å². The maximum Gasteiger partial charge on any atom is 0.214 e. The van der Waals surface area contributed by atoms with E-state index in [0.717, 1.165) is 71.0 Å². The number of thiazole rings is 1. The predicted octanol–water partition coefficient (Wildman–Crippen LogP) is 6.21. The zero-order valence-corrected chi connectivity index (χ0v) is 22.8. The third-order valence-corrected chi connectivity index (χ3v) is 9.05. The summed E-state index contributed by atoms with van der Waals surface area (Å²) in [7, 11) is 1.61. The third kappa shape index (κ3) is 4.97. The molecule has 5 rings (SSSR count). The highest BCUT2D eigenvalue weighted by molar-refractivity contribution is 7.12. The Hall–Kier alpha value is -3.32. The van der Waals surface area contributed by atoms with E-state index < -0.39 is 0 Å². The van der Waals surface area contributed by atoms with E-state index >= 15 is 0 Å². The van der Waals surface area contributed by atoms with E-state index in [-0.39, 0.29) is 16.6 Å². The molecule has 1 spiro atoms. The maximum absolute atomic E-state index is 13.1. The highest BCUT2D eigenvalue weighted by atomic mass is 32.1. The molecule has 37 heavy (non-hydrogen) atoms. The molecule has 0 bridgehead atoms. The van der Waals surface area contributed by atoms with Crippen molar-refractivity contribution >= 4 is 29.1 Å². The van der Waals surface area contributed by atoms with Gasteiger partial charge in [-0.3, -0.25) is 9.59 Å². The lowest BCUT2D eigenvalue weighted by atomic mass is 9.68. The van der Waals surface area contributed by atoms with E-state index in [2.05, 4.69) is 37.2 Å². The van der Waals surface area contributed by atoms with Crippen LogP contribution in [0.15, 0.2) is 43.0 Å². The summed E-state index contributed by atoms with van der Waals surface area (Å²) in [6.45, 7) is 12.6. The van der Waals surface area contributed by atoms with Crippen molar-refractivity contribution in [3.63, 3.8) is 0 Å². The fourth-order valence-corrected chi connectivity index (χ4v) is 6.59. The second kappa shape index (κ2) is 9.53. The number of rotatable bonds is 5. The molecule has 1 aliphatic heterocycles. The standard InChI is InChI=1S/C30H33N3O3S/c1-19(22-14-23(31-26(15-22)36-5)21-8-6-20(18-34)7-9-21)33-12-10-30(11-13-33)16-24(35)27-25(17-30)37-28(32-27)29(2,3)4/h6-9,14-15,18H,1,10-13,16-17H2,2-5H3. The van der Waals surface area contributed by atoms with Gasteiger partial charge in [0.1, 0.15) is 12.0 Å². The number of fused-ring (bicyclic) bond motifs is 1. The van der Waals surface area contributed by atoms with Crippen LogP contribution in [-0.2, 0) is 11.8 Å². The van der Waals surface area contributed by atoms with Crippen molar-refractivity contribution in [3.8, 4) is 17.1 Å². The number of methoxy groups -OCH3 is 1. The highest BCUT2D eigenvalue weighted by Gasteiger charge is 2.43. The number of ether oxygens (including phenoxy) is 1. The molecule has 1 aliphatic carbocycles. The van der Waals surface area contributed by atoms with Gasteiger partial charge in [-0.2, -0.15) is 0 Å². The molecule has 0 radical (unpaired) electrons. The van der Waals surface area contributed by atoms with Crippen molar-refractivity contribution in [2.45, 2.75) is 51.9 Å². The summed E-state index contributed by atoms with van der Waals surface area (Å²) in [6, 6.07) is 11.3. The zero-order valence-electron chi connectivity index (χ0n) is 22.0. The number of ketones is 1. The average molecular weight is 516 g/mol. The number of nitrogens with zero attached hydrogens (tertiary/aromatic N) is 3. The summed E-state index contributed by atoms with van der Waals surface area (Å²) >= 11 is 1.72. The van der Waals surface area contributed by atoms with E-state index in [1.165, 1.54) is 0 Å². The number of piperidine rings is 1. The van der Waals surface area contributed by atoms with Crippen LogP contribution in [0.3, 0.4) is 0 Å². The van der Waals surface area contributed by atoms with E-state index in [1.807, 2.05) is 24.3 Å². The number of hydrogen-bond donors (Lipinski definition) is 0. The molecule has 0 unspecified atom stereocenters. The topological polar surface area (TPSA) is 72.4 Å². The summed E-state index contributed by atoms with van der Waals surface area (Å²) in [6.07, 6.45) is 4.24. The van der Waals surface area contributed by atoms with E-state index in [9.17, 15) is 9.59 Å². The van der Waals surface area contributed by atoms with Gasteiger partial charge in [0, 0.05) is 58.3 Å². The molecular formula is C30H33N3O3S. The van der Waals surface area contributed by atoms with Crippen LogP contribution in [0.2, 0.25) is 0 Å². The second-order valence-corrected chi connectivity index (χ2v) is 12.4. The molecule has 0 saturated carbocycles. The first-order valence-corrected chi connectivity index (χ1v) is 13.5. The molecule has 3 heterocycles. The number of hydrogen-bond acceptors (Lipinski definition) is 7. The van der Waals surface area contributed by atoms with Gasteiger partial charge in [0.2, 0.25) is 5.88 Å². The van der Waals surface area contributed by atoms with Gasteiger partial charge in [-0.15, -0.1) is 11.3 Å². The minimum absolute atomic E-state index is 0.00394. The first-order chi connectivity index (χ1) is 17.6. The van der Waals surface area contributed by atoms with Crippen LogP contribution in [0.25, 0.3) is 17.0 Å². The first kappa shape index (κ1) is 25.3. The molecule has 0 amide bonds. The van der Waals surface area contributed by atoms with Crippen LogP contribution in [0.1, 0.15) is 76.3 Å². The van der Waals surface area contributed by atoms with Gasteiger partial charge in [-0.05, 0) is 30.7 Å². The van der Waals surface area contributed by atoms with E-state index in [0.29, 0.717) is 23.6 Å². The molecule has 7 heteroatoms. The fraction of sp³-hybridized carbons (Fsp3) is 0.400. The summed E-state index contributed by atoms with van der Waals surface area (Å²) < 4.78 is 5.49. The van der Waals surface area contributed by atoms with Crippen LogP contribution >= 0.6 is 11.3 Å². The molecule has 2 aromatic heterocycles. The number of aromatic nitrogens is 2. The van der Waals surface area contributed by atoms with Crippen molar-refractivity contribution < 1.29 is 14.3 Å². The fourth-order valence-electron chi connectivity index (χ4n) is 5.28. The molecule has 1 aromatic carbocycles. The molecule has 6 nitrogen and oxygen atoms in total. The Morgan fingerprint density at radius 2 is 1.81 bits per heavy atom. The number of benzene rings is 1. The average Bonchev–Trinajstić information content (AvgIpc) is 3.33. The van der Waals surface area contributed by atoms with Gasteiger partial charge in [0.15, 0.2) is 5.78 Å². The van der Waals surface area contributed by atoms with Gasteiger partial charge in [0.25, 0.3) is 0 Å². The van der Waals surface area contributed by atoms with E-state index in [1.54, 1.807) is 30.6 Å². The smallest absolute Gasteiger partial charge is 0.214 e. The number of pyridine rings is 1. The number of aldehydes is 1. The number of carbonyl (C=O) groups is 2. The lowest BCUT2D eigenvalue weighted by Gasteiger charge is -2.44. The number of Topliss-reactive ketones (excluding diaryl/α,β-unsaturated/α-hetero) is 1. The zero-order chi connectivity index (χ0) is 26.4. The molecule has 1 fully saturated rings. The van der Waals surface area contributed by atoms with Crippen LogP contribution in [-0.4, -0.2) is 47.1 Å². The molecule has 0 N–H and O–H groups in total. The quantitative estimate of drug-likeness (QED) is 0.377. The summed E-state index contributed by atoms with van der Waals surface area (Å²) in [5.41, 5.74) is 4.86. The number of likely N-dealkylation sites (tertiary alicyclic amines) is 1. The molecule has 1 saturated heterocycles. The monoisotopic (exact) mass is 515 g/mol. The Labute approximate surface area is 222 Å². The Kier molecular flexibility index (Phi) is 6.52. The minimum atomic E-state index is -0.0441. The van der Waals surface area contributed by atoms with Crippen LogP contribution in [0.4, 0.5) is 0 Å². The van der Waals surface area contributed by atoms with Crippen LogP contribution in [0, 0.1) is 5.41 Å². The van der Waals surface area contributed by atoms with Crippen LogP contribution in [0.5, 0.6) is 5.88 Å².